The highest BCUT2D eigenvalue weighted by molar-refractivity contribution is 9.10. The van der Waals surface area contributed by atoms with Crippen LogP contribution in [0.2, 0.25) is 0 Å². The summed E-state index contributed by atoms with van der Waals surface area (Å²) < 4.78 is 3.11. The lowest BCUT2D eigenvalue weighted by Crippen LogP contribution is -2.39. The Labute approximate surface area is 109 Å². The van der Waals surface area contributed by atoms with E-state index in [4.69, 9.17) is 5.73 Å². The first-order chi connectivity index (χ1) is 8.25. The van der Waals surface area contributed by atoms with Crippen molar-refractivity contribution >= 4 is 32.9 Å². The summed E-state index contributed by atoms with van der Waals surface area (Å²) in [5.74, 6) is 0.583. The summed E-state index contributed by atoms with van der Waals surface area (Å²) in [6.07, 6.45) is 3.77. The molecular weight excluding hydrogens is 280 g/mol. The molecule has 5 heteroatoms. The number of hydrogen-bond acceptors (Lipinski definition) is 3. The van der Waals surface area contributed by atoms with Crippen molar-refractivity contribution in [1.82, 2.24) is 9.66 Å². The lowest BCUT2D eigenvalue weighted by molar-refractivity contribution is 0.489. The molecule has 0 bridgehead atoms. The van der Waals surface area contributed by atoms with Gasteiger partial charge in [-0.1, -0.05) is 15.9 Å². The fourth-order valence-corrected chi connectivity index (χ4v) is 2.78. The van der Waals surface area contributed by atoms with E-state index in [0.29, 0.717) is 5.95 Å². The average Bonchev–Trinajstić information content (AvgIpc) is 2.65. The Balaban J connectivity index is 2.13. The second-order valence-corrected chi connectivity index (χ2v) is 5.34. The highest BCUT2D eigenvalue weighted by Crippen LogP contribution is 2.23. The molecule has 0 unspecified atom stereocenters. The summed E-state index contributed by atoms with van der Waals surface area (Å²) in [6, 6.07) is 6.07. The van der Waals surface area contributed by atoms with Crippen molar-refractivity contribution in [2.45, 2.75) is 19.3 Å². The van der Waals surface area contributed by atoms with Gasteiger partial charge in [-0.25, -0.2) is 9.66 Å². The molecular formula is C12H15BrN4. The Morgan fingerprint density at radius 1 is 1.18 bits per heavy atom. The predicted molar refractivity (Wildman–Crippen MR) is 73.6 cm³/mol. The Morgan fingerprint density at radius 2 is 1.94 bits per heavy atom. The van der Waals surface area contributed by atoms with Gasteiger partial charge in [-0.05, 0) is 37.5 Å². The maximum atomic E-state index is 6.03. The van der Waals surface area contributed by atoms with Crippen LogP contribution in [-0.2, 0) is 0 Å². The van der Waals surface area contributed by atoms with Gasteiger partial charge in [0.1, 0.15) is 0 Å². The summed E-state index contributed by atoms with van der Waals surface area (Å²) >= 11 is 3.50. The van der Waals surface area contributed by atoms with E-state index in [1.54, 1.807) is 0 Å². The van der Waals surface area contributed by atoms with E-state index in [0.717, 1.165) is 28.6 Å². The third kappa shape index (κ3) is 1.88. The van der Waals surface area contributed by atoms with Crippen LogP contribution in [0.1, 0.15) is 19.3 Å². The molecule has 0 saturated carbocycles. The zero-order valence-electron chi connectivity index (χ0n) is 9.56. The van der Waals surface area contributed by atoms with Crippen molar-refractivity contribution in [3.05, 3.63) is 22.7 Å². The number of hydrogen-bond donors (Lipinski definition) is 1. The maximum absolute atomic E-state index is 6.03. The van der Waals surface area contributed by atoms with E-state index in [1.165, 1.54) is 19.3 Å². The van der Waals surface area contributed by atoms with E-state index in [-0.39, 0.29) is 0 Å². The fraction of sp³-hybridized carbons (Fsp3) is 0.417. The first-order valence-corrected chi connectivity index (χ1v) is 6.74. The molecule has 2 N–H and O–H groups in total. The lowest BCUT2D eigenvalue weighted by atomic mass is 10.2. The van der Waals surface area contributed by atoms with Gasteiger partial charge in [0.25, 0.3) is 0 Å². The average molecular weight is 295 g/mol. The van der Waals surface area contributed by atoms with Crippen molar-refractivity contribution in [3.63, 3.8) is 0 Å². The molecule has 0 radical (unpaired) electrons. The van der Waals surface area contributed by atoms with E-state index < -0.39 is 0 Å². The number of anilines is 1. The SMILES string of the molecule is Nc1nc2ccc(Br)cc2n1N1CCCCC1. The standard InChI is InChI=1S/C12H15BrN4/c13-9-4-5-10-11(8-9)17(12(14)15-10)16-6-2-1-3-7-16/h4-5,8H,1-3,6-7H2,(H2,14,15). The molecule has 4 nitrogen and oxygen atoms in total. The molecule has 0 aliphatic carbocycles. The second-order valence-electron chi connectivity index (χ2n) is 4.43. The van der Waals surface area contributed by atoms with Gasteiger partial charge in [0, 0.05) is 17.6 Å². The third-order valence-electron chi connectivity index (χ3n) is 3.23. The number of piperidine rings is 1. The number of fused-ring (bicyclic) bond motifs is 1. The van der Waals surface area contributed by atoms with Crippen LogP contribution < -0.4 is 10.7 Å². The molecule has 1 fully saturated rings. The van der Waals surface area contributed by atoms with Crippen LogP contribution in [-0.4, -0.2) is 22.7 Å². The molecule has 1 aromatic heterocycles. The van der Waals surface area contributed by atoms with Crippen LogP contribution >= 0.6 is 15.9 Å². The largest absolute Gasteiger partial charge is 0.368 e. The van der Waals surface area contributed by atoms with Crippen molar-refractivity contribution in [2.75, 3.05) is 23.8 Å². The van der Waals surface area contributed by atoms with E-state index in [2.05, 4.69) is 36.7 Å². The van der Waals surface area contributed by atoms with Crippen LogP contribution in [0.25, 0.3) is 11.0 Å². The van der Waals surface area contributed by atoms with Gasteiger partial charge in [0.2, 0.25) is 5.95 Å². The molecule has 0 amide bonds. The fourth-order valence-electron chi connectivity index (χ4n) is 2.43. The minimum Gasteiger partial charge on any atom is -0.368 e. The molecule has 2 aromatic rings. The van der Waals surface area contributed by atoms with Crippen LogP contribution in [0.15, 0.2) is 22.7 Å². The summed E-state index contributed by atoms with van der Waals surface area (Å²) in [7, 11) is 0. The zero-order chi connectivity index (χ0) is 11.8. The number of nitrogens with zero attached hydrogens (tertiary/aromatic N) is 3. The zero-order valence-corrected chi connectivity index (χ0v) is 11.2. The van der Waals surface area contributed by atoms with Crippen molar-refractivity contribution < 1.29 is 0 Å². The monoisotopic (exact) mass is 294 g/mol. The quantitative estimate of drug-likeness (QED) is 0.879. The molecule has 0 atom stereocenters. The first-order valence-electron chi connectivity index (χ1n) is 5.94. The Hall–Kier alpha value is -1.23. The van der Waals surface area contributed by atoms with Gasteiger partial charge in [-0.15, -0.1) is 0 Å². The molecule has 1 saturated heterocycles. The smallest absolute Gasteiger partial charge is 0.220 e. The van der Waals surface area contributed by atoms with Crippen LogP contribution in [0, 0.1) is 0 Å². The molecule has 2 heterocycles. The van der Waals surface area contributed by atoms with Crippen molar-refractivity contribution in [3.8, 4) is 0 Å². The predicted octanol–water partition coefficient (Wildman–Crippen LogP) is 2.50. The minimum atomic E-state index is 0.583. The van der Waals surface area contributed by atoms with Crippen molar-refractivity contribution in [2.24, 2.45) is 0 Å². The van der Waals surface area contributed by atoms with Gasteiger partial charge < -0.3 is 10.7 Å². The van der Waals surface area contributed by atoms with Gasteiger partial charge in [-0.2, -0.15) is 0 Å². The summed E-state index contributed by atoms with van der Waals surface area (Å²) in [6.45, 7) is 2.12. The van der Waals surface area contributed by atoms with Gasteiger partial charge >= 0.3 is 0 Å². The number of nitrogens with two attached hydrogens (primary N) is 1. The van der Waals surface area contributed by atoms with Gasteiger partial charge in [0.15, 0.2) is 0 Å². The summed E-state index contributed by atoms with van der Waals surface area (Å²) in [4.78, 5) is 4.41. The van der Waals surface area contributed by atoms with Gasteiger partial charge in [-0.3, -0.25) is 0 Å². The summed E-state index contributed by atoms with van der Waals surface area (Å²) in [5, 5.41) is 2.29. The first kappa shape index (κ1) is 10.9. The number of halogens is 1. The van der Waals surface area contributed by atoms with E-state index >= 15 is 0 Å². The molecule has 1 aliphatic heterocycles. The molecule has 1 aliphatic rings. The molecule has 90 valence electrons. The van der Waals surface area contributed by atoms with Gasteiger partial charge in [0.05, 0.1) is 11.0 Å². The maximum Gasteiger partial charge on any atom is 0.220 e. The normalized spacial score (nSPS) is 16.6. The third-order valence-corrected chi connectivity index (χ3v) is 3.73. The van der Waals surface area contributed by atoms with Crippen LogP contribution in [0.3, 0.4) is 0 Å². The number of benzene rings is 1. The second kappa shape index (κ2) is 4.22. The molecule has 0 spiro atoms. The highest BCUT2D eigenvalue weighted by atomic mass is 79.9. The number of nitrogen functional groups attached to an aromatic ring is 1. The van der Waals surface area contributed by atoms with Crippen LogP contribution in [0.5, 0.6) is 0 Å². The highest BCUT2D eigenvalue weighted by Gasteiger charge is 2.16. The van der Waals surface area contributed by atoms with E-state index in [9.17, 15) is 0 Å². The molecule has 17 heavy (non-hydrogen) atoms. The Kier molecular flexibility index (Phi) is 2.70. The van der Waals surface area contributed by atoms with E-state index in [1.807, 2.05) is 12.1 Å². The number of aromatic nitrogens is 2. The Bertz CT molecular complexity index is 543. The minimum absolute atomic E-state index is 0.583. The molecule has 3 rings (SSSR count). The number of rotatable bonds is 1. The summed E-state index contributed by atoms with van der Waals surface area (Å²) in [5.41, 5.74) is 8.07. The van der Waals surface area contributed by atoms with Crippen LogP contribution in [0.4, 0.5) is 5.95 Å². The number of imidazole rings is 1. The Morgan fingerprint density at radius 3 is 2.71 bits per heavy atom. The molecule has 1 aromatic carbocycles. The van der Waals surface area contributed by atoms with Crippen molar-refractivity contribution in [1.29, 1.82) is 0 Å². The lowest BCUT2D eigenvalue weighted by Gasteiger charge is -2.30. The topological polar surface area (TPSA) is 47.1 Å².